The highest BCUT2D eigenvalue weighted by Gasteiger charge is 2.38. The maximum absolute atomic E-state index is 13.3. The highest BCUT2D eigenvalue weighted by molar-refractivity contribution is 6.08. The van der Waals surface area contributed by atoms with Crippen LogP contribution < -0.4 is 10.6 Å². The van der Waals surface area contributed by atoms with E-state index in [1.165, 1.54) is 0 Å². The van der Waals surface area contributed by atoms with E-state index in [9.17, 15) is 4.79 Å². The summed E-state index contributed by atoms with van der Waals surface area (Å²) in [6.45, 7) is 18.2. The number of allylic oxidation sites excluding steroid dienone is 2. The van der Waals surface area contributed by atoms with Crippen LogP contribution in [0.3, 0.4) is 0 Å². The molecule has 1 amide bonds. The van der Waals surface area contributed by atoms with Crippen LogP contribution in [0.1, 0.15) is 85.8 Å². The number of amides is 1. The Morgan fingerprint density at radius 3 is 2.39 bits per heavy atom. The zero-order valence-corrected chi connectivity index (χ0v) is 20.1. The van der Waals surface area contributed by atoms with Crippen molar-refractivity contribution in [2.45, 2.75) is 85.6 Å². The van der Waals surface area contributed by atoms with E-state index < -0.39 is 0 Å². The first-order valence-corrected chi connectivity index (χ1v) is 11.1. The molecule has 1 aliphatic carbocycles. The number of aromatic nitrogens is 2. The van der Waals surface area contributed by atoms with Crippen molar-refractivity contribution in [3.8, 4) is 0 Å². The third-order valence-corrected chi connectivity index (χ3v) is 5.46. The Morgan fingerprint density at radius 2 is 1.94 bits per heavy atom. The van der Waals surface area contributed by atoms with Gasteiger partial charge in [-0.05, 0) is 65.4 Å². The van der Waals surface area contributed by atoms with Crippen molar-refractivity contribution < 1.29 is 4.79 Å². The maximum Gasteiger partial charge on any atom is 0.257 e. The van der Waals surface area contributed by atoms with Crippen molar-refractivity contribution in [2.24, 2.45) is 4.99 Å². The average molecular weight is 424 g/mol. The van der Waals surface area contributed by atoms with Gasteiger partial charge >= 0.3 is 0 Å². The molecule has 1 heterocycles. The highest BCUT2D eigenvalue weighted by atomic mass is 16.1. The summed E-state index contributed by atoms with van der Waals surface area (Å²) in [6, 6.07) is 0. The van der Waals surface area contributed by atoms with Crippen molar-refractivity contribution in [2.75, 3.05) is 5.32 Å². The summed E-state index contributed by atoms with van der Waals surface area (Å²) < 4.78 is 0. The van der Waals surface area contributed by atoms with Gasteiger partial charge in [0.1, 0.15) is 5.82 Å². The predicted octanol–water partition coefficient (Wildman–Crippen LogP) is 5.68. The number of nitrogens with zero attached hydrogens (tertiary/aromatic N) is 3. The molecule has 1 atom stereocenters. The summed E-state index contributed by atoms with van der Waals surface area (Å²) in [4.78, 5) is 26.8. The van der Waals surface area contributed by atoms with E-state index in [4.69, 9.17) is 0 Å². The van der Waals surface area contributed by atoms with E-state index in [0.717, 1.165) is 48.1 Å². The predicted molar refractivity (Wildman–Crippen MR) is 129 cm³/mol. The van der Waals surface area contributed by atoms with Crippen LogP contribution in [0.4, 0.5) is 5.82 Å². The average Bonchev–Trinajstić information content (AvgIpc) is 3.42. The lowest BCUT2D eigenvalue weighted by atomic mass is 9.95. The van der Waals surface area contributed by atoms with E-state index >= 15 is 0 Å². The summed E-state index contributed by atoms with van der Waals surface area (Å²) in [5, 5.41) is 6.42. The third kappa shape index (κ3) is 6.61. The lowest BCUT2D eigenvalue weighted by Crippen LogP contribution is -2.29. The number of carbonyl (C=O) groups is 1. The minimum absolute atomic E-state index is 0.0161. The Balaban J connectivity index is 2.36. The zero-order valence-electron chi connectivity index (χ0n) is 20.1. The number of hydrogen-bond acceptors (Lipinski definition) is 5. The largest absolute Gasteiger partial charge is 0.364 e. The van der Waals surface area contributed by atoms with Crippen molar-refractivity contribution >= 4 is 17.9 Å². The minimum Gasteiger partial charge on any atom is -0.364 e. The van der Waals surface area contributed by atoms with Gasteiger partial charge in [0.2, 0.25) is 0 Å². The fraction of sp³-hybridized carbons (Fsp3) is 0.520. The molecule has 0 radical (unpaired) electrons. The van der Waals surface area contributed by atoms with Crippen LogP contribution in [0, 0.1) is 0 Å². The molecule has 0 saturated heterocycles. The quantitative estimate of drug-likeness (QED) is 0.288. The van der Waals surface area contributed by atoms with E-state index in [1.54, 1.807) is 18.6 Å². The first-order valence-electron chi connectivity index (χ1n) is 11.1. The van der Waals surface area contributed by atoms with Gasteiger partial charge < -0.3 is 10.6 Å². The van der Waals surface area contributed by atoms with Gasteiger partial charge in [0.15, 0.2) is 5.82 Å². The summed E-state index contributed by atoms with van der Waals surface area (Å²) in [5.74, 6) is 1.21. The van der Waals surface area contributed by atoms with E-state index in [-0.39, 0.29) is 11.4 Å². The molecule has 1 fully saturated rings. The van der Waals surface area contributed by atoms with Crippen LogP contribution in [0.2, 0.25) is 0 Å². The molecule has 1 saturated carbocycles. The smallest absolute Gasteiger partial charge is 0.257 e. The fourth-order valence-electron chi connectivity index (χ4n) is 3.43. The monoisotopic (exact) mass is 423 g/mol. The Morgan fingerprint density at radius 1 is 1.26 bits per heavy atom. The molecule has 1 aromatic heterocycles. The molecule has 1 aromatic rings. The summed E-state index contributed by atoms with van der Waals surface area (Å²) >= 11 is 0. The lowest BCUT2D eigenvalue weighted by molar-refractivity contribution is -0.112. The summed E-state index contributed by atoms with van der Waals surface area (Å²) in [5.41, 5.74) is 3.88. The van der Waals surface area contributed by atoms with Crippen LogP contribution >= 0.6 is 0 Å². The van der Waals surface area contributed by atoms with E-state index in [2.05, 4.69) is 52.9 Å². The van der Waals surface area contributed by atoms with Crippen LogP contribution in [-0.2, 0) is 4.79 Å². The second-order valence-electron chi connectivity index (χ2n) is 8.92. The van der Waals surface area contributed by atoms with E-state index in [1.807, 2.05) is 27.7 Å². The number of anilines is 1. The fourth-order valence-corrected chi connectivity index (χ4v) is 3.43. The topological polar surface area (TPSA) is 79.3 Å². The van der Waals surface area contributed by atoms with Crippen molar-refractivity contribution in [1.29, 1.82) is 0 Å². The molecule has 2 N–H and O–H groups in total. The first-order chi connectivity index (χ1) is 14.6. The number of rotatable bonds is 10. The summed E-state index contributed by atoms with van der Waals surface area (Å²) in [7, 11) is 0. The molecule has 0 spiro atoms. The molecule has 1 unspecified atom stereocenters. The molecule has 2 rings (SSSR count). The van der Waals surface area contributed by atoms with Gasteiger partial charge in [-0.2, -0.15) is 0 Å². The number of hydrogen-bond donors (Lipinski definition) is 2. The molecule has 0 aliphatic heterocycles. The zero-order chi connectivity index (χ0) is 23.2. The second-order valence-corrected chi connectivity index (χ2v) is 8.92. The molecule has 31 heavy (non-hydrogen) atoms. The van der Waals surface area contributed by atoms with Gasteiger partial charge in [0.05, 0.1) is 18.1 Å². The first kappa shape index (κ1) is 24.5. The Kier molecular flexibility index (Phi) is 8.31. The third-order valence-electron chi connectivity index (χ3n) is 5.46. The lowest BCUT2D eigenvalue weighted by Gasteiger charge is -2.21. The van der Waals surface area contributed by atoms with Crippen molar-refractivity contribution in [3.63, 3.8) is 0 Å². The number of carbonyl (C=O) groups excluding carboxylic acids is 1. The van der Waals surface area contributed by atoms with Crippen LogP contribution in [0.25, 0.3) is 0 Å². The number of nitrogens with one attached hydrogen (secondary N) is 2. The minimum atomic E-state index is -0.242. The van der Waals surface area contributed by atoms with Gasteiger partial charge in [-0.1, -0.05) is 32.4 Å². The van der Waals surface area contributed by atoms with Crippen LogP contribution in [0.15, 0.2) is 52.1 Å². The van der Waals surface area contributed by atoms with Gasteiger partial charge in [0, 0.05) is 22.9 Å². The van der Waals surface area contributed by atoms with Crippen LogP contribution in [-0.4, -0.2) is 27.6 Å². The second kappa shape index (κ2) is 10.5. The van der Waals surface area contributed by atoms with Gasteiger partial charge in [-0.3, -0.25) is 9.78 Å². The molecule has 0 aromatic carbocycles. The number of aliphatic imine (C=N–C) groups is 1. The molecule has 6 nitrogen and oxygen atoms in total. The van der Waals surface area contributed by atoms with Gasteiger partial charge in [0.25, 0.3) is 5.91 Å². The van der Waals surface area contributed by atoms with Gasteiger partial charge in [-0.25, -0.2) is 9.98 Å². The molecule has 168 valence electrons. The molecule has 1 aliphatic rings. The Bertz CT molecular complexity index is 900. The summed E-state index contributed by atoms with van der Waals surface area (Å²) in [6.07, 6.45) is 9.41. The highest BCUT2D eigenvalue weighted by Crippen LogP contribution is 2.37. The Hall–Kier alpha value is -2.76. The maximum atomic E-state index is 13.3. The SMILES string of the molecule is C=C(C)/C(C(C(=O)Nc1cnc(C(C)CCC)cn1)=C(C)C)=C(\N=C/C)NC1(C)CC1. The van der Waals surface area contributed by atoms with Crippen molar-refractivity contribution in [1.82, 2.24) is 15.3 Å². The molecule has 6 heteroatoms. The molecular weight excluding hydrogens is 386 g/mol. The van der Waals surface area contributed by atoms with Crippen LogP contribution in [0.5, 0.6) is 0 Å². The molecular formula is C25H37N5O. The van der Waals surface area contributed by atoms with Gasteiger partial charge in [-0.15, -0.1) is 0 Å². The normalized spacial score (nSPS) is 16.4. The standard InChI is InChI=1S/C25H37N5O/c1-9-11-18(7)19-14-28-20(15-27-19)29-24(31)22(17(5)6)21(16(3)4)23(26-10-2)30-25(8)12-13-25/h10,14-15,18,30H,3,9,11-13H2,1-2,4-8H3,(H,28,29,31)/b23-21-,26-10-. The molecule has 0 bridgehead atoms. The van der Waals surface area contributed by atoms with E-state index in [0.29, 0.717) is 23.1 Å². The van der Waals surface area contributed by atoms with Crippen molar-refractivity contribution in [3.05, 3.63) is 52.8 Å². The Labute approximate surface area is 187 Å².